The molecule has 0 aliphatic heterocycles. The summed E-state index contributed by atoms with van der Waals surface area (Å²) in [5, 5.41) is -2.06. The molecule has 37 valence electrons. The Kier molecular flexibility index (Phi) is 6.84. The van der Waals surface area contributed by atoms with Crippen LogP contribution in [0.3, 0.4) is 0 Å². The van der Waals surface area contributed by atoms with Crippen LogP contribution in [0.2, 0.25) is 0 Å². The molecule has 0 atom stereocenters. The van der Waals surface area contributed by atoms with Gasteiger partial charge in [0.2, 0.25) is 0 Å². The molecule has 6 heavy (non-hydrogen) atoms. The first-order valence-corrected chi connectivity index (χ1v) is 53.0. The van der Waals surface area contributed by atoms with Crippen LogP contribution < -0.4 is 0 Å². The van der Waals surface area contributed by atoms with Crippen molar-refractivity contribution >= 4 is 69.8 Å². The number of hydrogen-bond acceptors (Lipinski definition) is 0. The topological polar surface area (TPSA) is 0 Å². The van der Waals surface area contributed by atoms with E-state index in [1.54, 1.807) is 0 Å². The van der Waals surface area contributed by atoms with Crippen molar-refractivity contribution in [2.24, 2.45) is 0 Å². The molecule has 0 aromatic rings. The van der Waals surface area contributed by atoms with Gasteiger partial charge in [0.15, 0.2) is 0 Å². The van der Waals surface area contributed by atoms with Crippen LogP contribution in [0.25, 0.3) is 0 Å². The summed E-state index contributed by atoms with van der Waals surface area (Å²) in [5.41, 5.74) is 0. The number of halogens is 5. The zero-order valence-corrected chi connectivity index (χ0v) is 16.9. The fourth-order valence-corrected chi connectivity index (χ4v) is 0. The molecule has 1 radical (unpaired) electrons. The van der Waals surface area contributed by atoms with Crippen molar-refractivity contribution < 1.29 is 0 Å². The van der Waals surface area contributed by atoms with Crippen LogP contribution in [0, 0.1) is 0 Å². The molecule has 0 aromatic heterocycles. The molecule has 6 heteroatoms. The van der Waals surface area contributed by atoms with Gasteiger partial charge in [-0.3, -0.25) is 0 Å². The van der Waals surface area contributed by atoms with Crippen molar-refractivity contribution in [2.45, 2.75) is 0 Å². The first-order chi connectivity index (χ1) is 2.24. The molecule has 0 spiro atoms. The molecule has 0 saturated heterocycles. The summed E-state index contributed by atoms with van der Waals surface area (Å²) < 4.78 is 0. The normalized spacial score (nSPS) is 15.0. The molecule has 0 nitrogen and oxygen atoms in total. The summed E-state index contributed by atoms with van der Waals surface area (Å²) in [5.74, 6) is 0. The van der Waals surface area contributed by atoms with Crippen LogP contribution in [0.15, 0.2) is 0 Å². The molecule has 0 amide bonds. The first-order valence-electron chi connectivity index (χ1n) is 1.34. The standard InChI is InChI=1S/5HI.Sr/h5*1H;/q;;;;;+5/p-5. The SMILES string of the molecule is [I][Sr]([I])([I])([I])[I]. The van der Waals surface area contributed by atoms with E-state index in [1.807, 2.05) is 0 Å². The Morgan fingerprint density at radius 2 is 0.667 bits per heavy atom. The fraction of sp³-hybridized carbons (Fsp3) is 0. The van der Waals surface area contributed by atoms with E-state index in [9.17, 15) is 0 Å². The van der Waals surface area contributed by atoms with Gasteiger partial charge in [0.25, 0.3) is 0 Å². The van der Waals surface area contributed by atoms with Crippen LogP contribution in [-0.2, 0) is 0 Å². The van der Waals surface area contributed by atoms with Gasteiger partial charge in [-0.05, 0) is 0 Å². The molecule has 0 aliphatic rings. The summed E-state index contributed by atoms with van der Waals surface area (Å²) in [6, 6.07) is 0. The van der Waals surface area contributed by atoms with E-state index in [1.165, 1.54) is 0 Å². The van der Waals surface area contributed by atoms with Crippen molar-refractivity contribution in [3.05, 3.63) is 0 Å². The maximum absolute atomic E-state index is 2.58. The van der Waals surface area contributed by atoms with Crippen molar-refractivity contribution in [3.63, 3.8) is 0 Å². The maximum atomic E-state index is 2.58. The summed E-state index contributed by atoms with van der Waals surface area (Å²) in [6.45, 7) is 0. The number of hydrogen-bond donors (Lipinski definition) is 0. The Morgan fingerprint density at radius 1 is 0.667 bits per heavy atom. The summed E-state index contributed by atoms with van der Waals surface area (Å²) in [7, 11) is 0. The monoisotopic (exact) mass is 722 g/mol. The Bertz CT molecular complexity index is 37.1. The Morgan fingerprint density at radius 3 is 0.667 bits per heavy atom. The molecule has 0 aliphatic carbocycles. The van der Waals surface area contributed by atoms with E-state index in [0.29, 0.717) is 0 Å². The molecule has 0 N–H and O–H groups in total. The molecular formula is I5Sr. The van der Waals surface area contributed by atoms with Crippen LogP contribution in [-0.4, -0.2) is 5.27 Å². The van der Waals surface area contributed by atoms with Crippen molar-refractivity contribution in [1.82, 2.24) is 0 Å². The zero-order chi connectivity index (χ0) is 5.45. The number of rotatable bonds is 0. The van der Waals surface area contributed by atoms with Gasteiger partial charge in [0.05, 0.1) is 0 Å². The summed E-state index contributed by atoms with van der Waals surface area (Å²) >= 11 is 12.9. The minimum atomic E-state index is -2.06. The van der Waals surface area contributed by atoms with E-state index in [2.05, 4.69) is 64.5 Å². The summed E-state index contributed by atoms with van der Waals surface area (Å²) in [4.78, 5) is 0. The summed E-state index contributed by atoms with van der Waals surface area (Å²) in [6.07, 6.45) is 0. The van der Waals surface area contributed by atoms with Crippen LogP contribution in [0.5, 0.6) is 0 Å². The average molecular weight is 722 g/mol. The minimum absolute atomic E-state index is 2.06. The second-order valence-corrected chi connectivity index (χ2v) is 269. The van der Waals surface area contributed by atoms with Gasteiger partial charge in [0, 0.05) is 0 Å². The van der Waals surface area contributed by atoms with Gasteiger partial charge >= 0.3 is 69.8 Å². The van der Waals surface area contributed by atoms with Crippen molar-refractivity contribution in [1.29, 1.82) is 0 Å². The fourth-order valence-electron chi connectivity index (χ4n) is 0. The van der Waals surface area contributed by atoms with Crippen molar-refractivity contribution in [2.75, 3.05) is 0 Å². The zero-order valence-electron chi connectivity index (χ0n) is 2.60. The van der Waals surface area contributed by atoms with Gasteiger partial charge in [-0.15, -0.1) is 0 Å². The quantitative estimate of drug-likeness (QED) is 0.262. The van der Waals surface area contributed by atoms with Crippen LogP contribution in [0.1, 0.15) is 0 Å². The second-order valence-electron chi connectivity index (χ2n) is 1.01. The van der Waals surface area contributed by atoms with Crippen molar-refractivity contribution in [3.8, 4) is 0 Å². The third-order valence-electron chi connectivity index (χ3n) is 0. The molecule has 0 heterocycles. The van der Waals surface area contributed by atoms with E-state index >= 15 is 0 Å². The predicted molar refractivity (Wildman–Crippen MR) is 75.9 cm³/mol. The Hall–Kier alpha value is 5.13. The molecule has 0 aromatic carbocycles. The molecule has 0 unspecified atom stereocenters. The molecule has 0 bridgehead atoms. The van der Waals surface area contributed by atoms with E-state index in [4.69, 9.17) is 0 Å². The van der Waals surface area contributed by atoms with Crippen LogP contribution >= 0.6 is 64.5 Å². The van der Waals surface area contributed by atoms with E-state index in [0.717, 1.165) is 0 Å². The van der Waals surface area contributed by atoms with Gasteiger partial charge in [0.1, 0.15) is 0 Å². The third kappa shape index (κ3) is 22.9. The molecule has 0 fully saturated rings. The molecule has 0 rings (SSSR count). The third-order valence-corrected chi connectivity index (χ3v) is 0. The van der Waals surface area contributed by atoms with Crippen LogP contribution in [0.4, 0.5) is 0 Å². The molecular weight excluding hydrogens is 722 g/mol. The average Bonchev–Trinajstić information content (AvgIpc) is 0.650. The van der Waals surface area contributed by atoms with Gasteiger partial charge in [-0.25, -0.2) is 0 Å². The Labute approximate surface area is 64.9 Å². The molecule has 0 saturated carbocycles. The predicted octanol–water partition coefficient (Wildman–Crippen LogP) is 4.05. The van der Waals surface area contributed by atoms with E-state index < -0.39 is 5.27 Å². The Balaban J connectivity index is 3.73. The van der Waals surface area contributed by atoms with Gasteiger partial charge < -0.3 is 0 Å². The van der Waals surface area contributed by atoms with Gasteiger partial charge in [-0.2, -0.15) is 0 Å². The second kappa shape index (κ2) is 3.69. The first kappa shape index (κ1) is 11.1. The van der Waals surface area contributed by atoms with Gasteiger partial charge in [-0.1, -0.05) is 0 Å². The van der Waals surface area contributed by atoms with E-state index in [-0.39, 0.29) is 0 Å².